The van der Waals surface area contributed by atoms with Gasteiger partial charge in [-0.2, -0.15) is 0 Å². The van der Waals surface area contributed by atoms with E-state index in [2.05, 4.69) is 9.47 Å². The van der Waals surface area contributed by atoms with Gasteiger partial charge in [0, 0.05) is 6.42 Å². The van der Waals surface area contributed by atoms with E-state index in [9.17, 15) is 14.7 Å². The second kappa shape index (κ2) is 4.23. The lowest BCUT2D eigenvalue weighted by atomic mass is 10.0. The van der Waals surface area contributed by atoms with Crippen molar-refractivity contribution in [1.29, 1.82) is 0 Å². The van der Waals surface area contributed by atoms with Gasteiger partial charge < -0.3 is 19.4 Å². The highest BCUT2D eigenvalue weighted by molar-refractivity contribution is 5.96. The molecule has 78 valence electrons. The third-order valence-electron chi connectivity index (χ3n) is 2.15. The van der Waals surface area contributed by atoms with E-state index in [1.54, 1.807) is 0 Å². The van der Waals surface area contributed by atoms with E-state index >= 15 is 0 Å². The van der Waals surface area contributed by atoms with Gasteiger partial charge in [-0.25, -0.2) is 4.79 Å². The summed E-state index contributed by atoms with van der Waals surface area (Å²) in [7, 11) is 2.55. The number of aliphatic hydroxyl groups excluding tert-OH is 1. The summed E-state index contributed by atoms with van der Waals surface area (Å²) in [5.74, 6) is -1.43. The molecule has 0 amide bonds. The molecule has 2 atom stereocenters. The standard InChI is InChI=1S/C9H12O5/c1-13-8(11)6-3-5(10)4-7(6)9(12)14-2/h3,5,7,10H,4H2,1-2H3/p+1. The van der Waals surface area contributed by atoms with E-state index < -0.39 is 18.0 Å². The molecule has 5 heteroatoms. The number of hydrogen-bond acceptors (Lipinski definition) is 4. The van der Waals surface area contributed by atoms with Crippen molar-refractivity contribution in [2.24, 2.45) is 5.92 Å². The zero-order chi connectivity index (χ0) is 10.7. The van der Waals surface area contributed by atoms with Gasteiger partial charge in [0.15, 0.2) is 7.11 Å². The van der Waals surface area contributed by atoms with Crippen LogP contribution < -0.4 is 0 Å². The van der Waals surface area contributed by atoms with Crippen LogP contribution in [-0.4, -0.2) is 42.2 Å². The van der Waals surface area contributed by atoms with Gasteiger partial charge in [-0.05, 0) is 6.08 Å². The average Bonchev–Trinajstić information content (AvgIpc) is 2.58. The van der Waals surface area contributed by atoms with Crippen LogP contribution in [0.15, 0.2) is 11.6 Å². The largest absolute Gasteiger partial charge is 0.490 e. The molecule has 0 fully saturated rings. The highest BCUT2D eigenvalue weighted by Crippen LogP contribution is 2.27. The highest BCUT2D eigenvalue weighted by Gasteiger charge is 2.40. The molecule has 1 aliphatic carbocycles. The van der Waals surface area contributed by atoms with Gasteiger partial charge >= 0.3 is 11.9 Å². The monoisotopic (exact) mass is 201 g/mol. The van der Waals surface area contributed by atoms with Crippen LogP contribution in [0.25, 0.3) is 0 Å². The van der Waals surface area contributed by atoms with Crippen LogP contribution in [0.3, 0.4) is 0 Å². The first kappa shape index (κ1) is 10.7. The summed E-state index contributed by atoms with van der Waals surface area (Å²) in [6.07, 6.45) is 0.863. The maximum Gasteiger partial charge on any atom is 0.490 e. The lowest BCUT2D eigenvalue weighted by Gasteiger charge is -2.05. The molecule has 0 saturated heterocycles. The summed E-state index contributed by atoms with van der Waals surface area (Å²) in [5, 5.41) is 9.29. The van der Waals surface area contributed by atoms with Crippen molar-refractivity contribution in [3.8, 4) is 0 Å². The fraction of sp³-hybridized carbons (Fsp3) is 0.556. The topological polar surface area (TPSA) is 77.2 Å². The molecule has 1 rings (SSSR count). The molecule has 0 saturated carbocycles. The first-order valence-corrected chi connectivity index (χ1v) is 4.18. The summed E-state index contributed by atoms with van der Waals surface area (Å²) >= 11 is 0. The van der Waals surface area contributed by atoms with E-state index in [1.165, 1.54) is 20.3 Å². The van der Waals surface area contributed by atoms with Crippen molar-refractivity contribution in [1.82, 2.24) is 0 Å². The minimum Gasteiger partial charge on any atom is -0.466 e. The molecule has 0 aliphatic heterocycles. The summed E-state index contributed by atoms with van der Waals surface area (Å²) in [6, 6.07) is 0. The molecule has 2 N–H and O–H groups in total. The van der Waals surface area contributed by atoms with Crippen molar-refractivity contribution in [3.05, 3.63) is 11.6 Å². The Hall–Kier alpha value is -1.36. The fourth-order valence-electron chi connectivity index (χ4n) is 1.46. The Morgan fingerprint density at radius 1 is 1.57 bits per heavy atom. The molecule has 0 radical (unpaired) electrons. The summed E-state index contributed by atoms with van der Waals surface area (Å²) in [5.41, 5.74) is 0.236. The molecular weight excluding hydrogens is 188 g/mol. The van der Waals surface area contributed by atoms with Gasteiger partial charge in [-0.15, -0.1) is 0 Å². The number of carbonyl (C=O) groups excluding carboxylic acids is 2. The van der Waals surface area contributed by atoms with Gasteiger partial charge in [-0.1, -0.05) is 0 Å². The third kappa shape index (κ3) is 1.93. The van der Waals surface area contributed by atoms with Gasteiger partial charge in [0.2, 0.25) is 0 Å². The number of rotatable bonds is 2. The third-order valence-corrected chi connectivity index (χ3v) is 2.15. The molecule has 1 aliphatic rings. The molecule has 5 nitrogen and oxygen atoms in total. The van der Waals surface area contributed by atoms with Crippen LogP contribution in [0.1, 0.15) is 6.42 Å². The van der Waals surface area contributed by atoms with Crippen LogP contribution >= 0.6 is 0 Å². The van der Waals surface area contributed by atoms with Gasteiger partial charge in [0.25, 0.3) is 0 Å². The second-order valence-electron chi connectivity index (χ2n) is 3.01. The maximum atomic E-state index is 11.2. The van der Waals surface area contributed by atoms with Gasteiger partial charge in [0.05, 0.1) is 18.8 Å². The Bertz CT molecular complexity index is 281. The Kier molecular flexibility index (Phi) is 3.24. The Labute approximate surface area is 81.3 Å². The van der Waals surface area contributed by atoms with Crippen molar-refractivity contribution in [2.75, 3.05) is 14.2 Å². The number of carbonyl (C=O) groups is 1. The Balaban J connectivity index is 2.84. The van der Waals surface area contributed by atoms with Gasteiger partial charge in [0.1, 0.15) is 5.92 Å². The van der Waals surface area contributed by atoms with Crippen molar-refractivity contribution >= 4 is 11.9 Å². The van der Waals surface area contributed by atoms with Crippen molar-refractivity contribution < 1.29 is 24.2 Å². The predicted octanol–water partition coefficient (Wildman–Crippen LogP) is -0.385. The molecule has 14 heavy (non-hydrogen) atoms. The van der Waals surface area contributed by atoms with Crippen LogP contribution in [0.2, 0.25) is 0 Å². The number of aliphatic hydroxyl groups is 1. The van der Waals surface area contributed by atoms with E-state index in [1.807, 2.05) is 0 Å². The number of hydrogen-bond donors (Lipinski definition) is 1. The molecule has 0 aromatic carbocycles. The van der Waals surface area contributed by atoms with Crippen LogP contribution in [0.4, 0.5) is 0 Å². The van der Waals surface area contributed by atoms with Crippen LogP contribution in [0.5, 0.6) is 0 Å². The summed E-state index contributed by atoms with van der Waals surface area (Å²) < 4.78 is 9.13. The first-order chi connectivity index (χ1) is 6.60. The smallest absolute Gasteiger partial charge is 0.466 e. The molecular formula is C9H13O5+. The SMILES string of the molecule is COC(=O)C1=CC(O)CC1C(=[OH+])OC. The van der Waals surface area contributed by atoms with E-state index in [0.717, 1.165) is 0 Å². The van der Waals surface area contributed by atoms with E-state index in [4.69, 9.17) is 0 Å². The van der Waals surface area contributed by atoms with Crippen molar-refractivity contribution in [2.45, 2.75) is 12.5 Å². The zero-order valence-electron chi connectivity index (χ0n) is 8.06. The number of methoxy groups -OCH3 is 2. The molecule has 0 bridgehead atoms. The number of ether oxygens (including phenoxy) is 2. The van der Waals surface area contributed by atoms with Crippen LogP contribution in [-0.2, 0) is 14.3 Å². The van der Waals surface area contributed by atoms with Crippen molar-refractivity contribution in [3.63, 3.8) is 0 Å². The minimum absolute atomic E-state index is 0.236. The molecule has 0 heterocycles. The molecule has 0 spiro atoms. The quantitative estimate of drug-likeness (QED) is 0.488. The maximum absolute atomic E-state index is 11.2. The lowest BCUT2D eigenvalue weighted by Crippen LogP contribution is -2.22. The normalized spacial score (nSPS) is 25.5. The molecule has 0 aromatic rings. The molecule has 2 unspecified atom stereocenters. The average molecular weight is 201 g/mol. The van der Waals surface area contributed by atoms with E-state index in [-0.39, 0.29) is 18.0 Å². The highest BCUT2D eigenvalue weighted by atomic mass is 16.5. The number of esters is 2. The minimum atomic E-state index is -0.744. The summed E-state index contributed by atoms with van der Waals surface area (Å²) in [6.45, 7) is 0. The Morgan fingerprint density at radius 3 is 2.71 bits per heavy atom. The van der Waals surface area contributed by atoms with Gasteiger partial charge in [-0.3, -0.25) is 0 Å². The first-order valence-electron chi connectivity index (χ1n) is 4.18. The lowest BCUT2D eigenvalue weighted by molar-refractivity contribution is -0.136. The summed E-state index contributed by atoms with van der Waals surface area (Å²) in [4.78, 5) is 20.5. The zero-order valence-corrected chi connectivity index (χ0v) is 8.06. The Morgan fingerprint density at radius 2 is 2.21 bits per heavy atom. The fourth-order valence-corrected chi connectivity index (χ4v) is 1.46. The molecule has 0 aromatic heterocycles. The predicted molar refractivity (Wildman–Crippen MR) is 48.2 cm³/mol. The second-order valence-corrected chi connectivity index (χ2v) is 3.01. The van der Waals surface area contributed by atoms with Crippen LogP contribution in [0, 0.1) is 5.92 Å². The van der Waals surface area contributed by atoms with E-state index in [0.29, 0.717) is 0 Å².